The molecule has 2 aromatic carbocycles. The van der Waals surface area contributed by atoms with Crippen LogP contribution in [0, 0.1) is 6.92 Å². The van der Waals surface area contributed by atoms with Crippen LogP contribution in [0.25, 0.3) is 0 Å². The van der Waals surface area contributed by atoms with Crippen LogP contribution in [0.2, 0.25) is 0 Å². The van der Waals surface area contributed by atoms with Crippen molar-refractivity contribution in [3.05, 3.63) is 71.3 Å². The van der Waals surface area contributed by atoms with E-state index in [1.807, 2.05) is 61.5 Å². The molecule has 0 saturated heterocycles. The van der Waals surface area contributed by atoms with Gasteiger partial charge in [-0.2, -0.15) is 5.10 Å². The Morgan fingerprint density at radius 3 is 2.50 bits per heavy atom. The van der Waals surface area contributed by atoms with Gasteiger partial charge in [-0.1, -0.05) is 60.2 Å². The van der Waals surface area contributed by atoms with E-state index in [2.05, 4.69) is 10.5 Å². The highest BCUT2D eigenvalue weighted by molar-refractivity contribution is 5.82. The first-order valence-corrected chi connectivity index (χ1v) is 6.66. The first kappa shape index (κ1) is 14.0. The number of hydrogen-bond donors (Lipinski definition) is 1. The highest BCUT2D eigenvalue weighted by Gasteiger charge is 2.00. The van der Waals surface area contributed by atoms with Crippen molar-refractivity contribution in [1.29, 1.82) is 0 Å². The molecule has 0 fully saturated rings. The molecule has 2 aromatic rings. The second-order valence-electron chi connectivity index (χ2n) is 4.69. The molecule has 0 saturated carbocycles. The van der Waals surface area contributed by atoms with Crippen LogP contribution < -0.4 is 5.43 Å². The van der Waals surface area contributed by atoms with Gasteiger partial charge < -0.3 is 0 Å². The second-order valence-corrected chi connectivity index (χ2v) is 4.69. The second kappa shape index (κ2) is 7.24. The molecule has 0 aliphatic carbocycles. The van der Waals surface area contributed by atoms with Crippen molar-refractivity contribution >= 4 is 12.1 Å². The normalized spacial score (nSPS) is 10.7. The quantitative estimate of drug-likeness (QED) is 0.656. The number of carbonyl (C=O) groups is 1. The third-order valence-corrected chi connectivity index (χ3v) is 2.96. The van der Waals surface area contributed by atoms with E-state index in [4.69, 9.17) is 0 Å². The summed E-state index contributed by atoms with van der Waals surface area (Å²) in [5, 5.41) is 3.96. The highest BCUT2D eigenvalue weighted by Crippen LogP contribution is 2.02. The van der Waals surface area contributed by atoms with Crippen LogP contribution >= 0.6 is 0 Å². The van der Waals surface area contributed by atoms with E-state index in [1.165, 1.54) is 5.56 Å². The van der Waals surface area contributed by atoms with Gasteiger partial charge in [-0.15, -0.1) is 0 Å². The van der Waals surface area contributed by atoms with Crippen molar-refractivity contribution in [2.45, 2.75) is 19.8 Å². The molecule has 0 heterocycles. The number of benzene rings is 2. The number of aryl methyl sites for hydroxylation is 2. The largest absolute Gasteiger partial charge is 0.273 e. The van der Waals surface area contributed by atoms with Crippen molar-refractivity contribution in [1.82, 2.24) is 5.43 Å². The SMILES string of the molecule is Cc1ccc(C=NNC(=O)CCc2ccccc2)cc1. The predicted octanol–water partition coefficient (Wildman–Crippen LogP) is 3.08. The monoisotopic (exact) mass is 266 g/mol. The summed E-state index contributed by atoms with van der Waals surface area (Å²) in [6.07, 6.45) is 2.82. The van der Waals surface area contributed by atoms with Crippen LogP contribution in [0.1, 0.15) is 23.1 Å². The number of hydrogen-bond acceptors (Lipinski definition) is 2. The number of hydrazone groups is 1. The van der Waals surface area contributed by atoms with E-state index >= 15 is 0 Å². The van der Waals surface area contributed by atoms with Gasteiger partial charge in [0, 0.05) is 6.42 Å². The Bertz CT molecular complexity index is 574. The molecule has 0 unspecified atom stereocenters. The van der Waals surface area contributed by atoms with Gasteiger partial charge in [-0.3, -0.25) is 4.79 Å². The zero-order valence-corrected chi connectivity index (χ0v) is 11.5. The van der Waals surface area contributed by atoms with Crippen molar-refractivity contribution in [3.8, 4) is 0 Å². The Labute approximate surface area is 119 Å². The molecule has 2 rings (SSSR count). The van der Waals surface area contributed by atoms with Crippen molar-refractivity contribution in [2.75, 3.05) is 0 Å². The lowest BCUT2D eigenvalue weighted by atomic mass is 10.1. The minimum absolute atomic E-state index is 0.0720. The van der Waals surface area contributed by atoms with Crippen LogP contribution in [-0.2, 0) is 11.2 Å². The molecular weight excluding hydrogens is 248 g/mol. The molecule has 0 bridgehead atoms. The minimum atomic E-state index is -0.0720. The zero-order chi connectivity index (χ0) is 14.2. The number of nitrogens with zero attached hydrogens (tertiary/aromatic N) is 1. The van der Waals surface area contributed by atoms with Crippen LogP contribution in [-0.4, -0.2) is 12.1 Å². The molecule has 1 amide bonds. The molecule has 0 radical (unpaired) electrons. The standard InChI is InChI=1S/C17H18N2O/c1-14-7-9-16(10-8-14)13-18-19-17(20)12-11-15-5-3-2-4-6-15/h2-10,13H,11-12H2,1H3,(H,19,20). The Balaban J connectivity index is 1.76. The Morgan fingerprint density at radius 1 is 1.10 bits per heavy atom. The maximum Gasteiger partial charge on any atom is 0.240 e. The summed E-state index contributed by atoms with van der Waals surface area (Å²) >= 11 is 0. The summed E-state index contributed by atoms with van der Waals surface area (Å²) in [5.41, 5.74) is 5.88. The molecule has 0 spiro atoms. The summed E-state index contributed by atoms with van der Waals surface area (Å²) in [5.74, 6) is -0.0720. The molecule has 1 N–H and O–H groups in total. The predicted molar refractivity (Wildman–Crippen MR) is 81.7 cm³/mol. The van der Waals surface area contributed by atoms with Crippen LogP contribution in [0.15, 0.2) is 59.7 Å². The van der Waals surface area contributed by atoms with Crippen LogP contribution in [0.4, 0.5) is 0 Å². The molecule has 0 aliphatic rings. The topological polar surface area (TPSA) is 41.5 Å². The molecule has 3 nitrogen and oxygen atoms in total. The fraction of sp³-hybridized carbons (Fsp3) is 0.176. The van der Waals surface area contributed by atoms with E-state index in [9.17, 15) is 4.79 Å². The van der Waals surface area contributed by atoms with Crippen LogP contribution in [0.5, 0.6) is 0 Å². The fourth-order valence-electron chi connectivity index (χ4n) is 1.79. The lowest BCUT2D eigenvalue weighted by Crippen LogP contribution is -2.17. The lowest BCUT2D eigenvalue weighted by Gasteiger charge is -2.00. The summed E-state index contributed by atoms with van der Waals surface area (Å²) < 4.78 is 0. The Kier molecular flexibility index (Phi) is 5.07. The fourth-order valence-corrected chi connectivity index (χ4v) is 1.79. The van der Waals surface area contributed by atoms with Crippen LogP contribution in [0.3, 0.4) is 0 Å². The van der Waals surface area contributed by atoms with Gasteiger partial charge in [0.05, 0.1) is 6.21 Å². The first-order chi connectivity index (χ1) is 9.74. The maximum absolute atomic E-state index is 11.6. The summed E-state index contributed by atoms with van der Waals surface area (Å²) in [4.78, 5) is 11.6. The van der Waals surface area contributed by atoms with Gasteiger partial charge in [0.2, 0.25) is 5.91 Å². The Morgan fingerprint density at radius 2 is 1.80 bits per heavy atom. The number of carbonyl (C=O) groups excluding carboxylic acids is 1. The van der Waals surface area contributed by atoms with Gasteiger partial charge in [-0.25, -0.2) is 5.43 Å². The van der Waals surface area contributed by atoms with Gasteiger partial charge >= 0.3 is 0 Å². The lowest BCUT2D eigenvalue weighted by molar-refractivity contribution is -0.121. The molecule has 0 aliphatic heterocycles. The van der Waals surface area contributed by atoms with Gasteiger partial charge in [0.25, 0.3) is 0 Å². The van der Waals surface area contributed by atoms with E-state index in [-0.39, 0.29) is 5.91 Å². The minimum Gasteiger partial charge on any atom is -0.273 e. The third kappa shape index (κ3) is 4.69. The van der Waals surface area contributed by atoms with E-state index in [0.717, 1.165) is 17.5 Å². The van der Waals surface area contributed by atoms with Crippen molar-refractivity contribution < 1.29 is 4.79 Å². The van der Waals surface area contributed by atoms with E-state index in [0.29, 0.717) is 6.42 Å². The molecule has 102 valence electrons. The summed E-state index contributed by atoms with van der Waals surface area (Å²) in [6.45, 7) is 2.03. The average Bonchev–Trinajstić information content (AvgIpc) is 2.48. The number of nitrogens with one attached hydrogen (secondary N) is 1. The van der Waals surface area contributed by atoms with E-state index in [1.54, 1.807) is 6.21 Å². The molecule has 20 heavy (non-hydrogen) atoms. The van der Waals surface area contributed by atoms with Gasteiger partial charge in [-0.05, 0) is 24.5 Å². The number of rotatable bonds is 5. The van der Waals surface area contributed by atoms with Gasteiger partial charge in [0.1, 0.15) is 0 Å². The highest BCUT2D eigenvalue weighted by atomic mass is 16.2. The molecule has 0 aromatic heterocycles. The summed E-state index contributed by atoms with van der Waals surface area (Å²) in [6, 6.07) is 17.9. The van der Waals surface area contributed by atoms with E-state index < -0.39 is 0 Å². The average molecular weight is 266 g/mol. The molecule has 3 heteroatoms. The van der Waals surface area contributed by atoms with Gasteiger partial charge in [0.15, 0.2) is 0 Å². The maximum atomic E-state index is 11.6. The van der Waals surface area contributed by atoms with Crippen molar-refractivity contribution in [2.24, 2.45) is 5.10 Å². The molecular formula is C17H18N2O. The zero-order valence-electron chi connectivity index (χ0n) is 11.5. The first-order valence-electron chi connectivity index (χ1n) is 6.66. The Hall–Kier alpha value is -2.42. The number of amides is 1. The molecule has 0 atom stereocenters. The third-order valence-electron chi connectivity index (χ3n) is 2.96. The smallest absolute Gasteiger partial charge is 0.240 e. The van der Waals surface area contributed by atoms with Crippen molar-refractivity contribution in [3.63, 3.8) is 0 Å². The summed E-state index contributed by atoms with van der Waals surface area (Å²) in [7, 11) is 0.